The Morgan fingerprint density at radius 3 is 2.68 bits per heavy atom. The molecule has 0 aromatic heterocycles. The van der Waals surface area contributed by atoms with Crippen LogP contribution < -0.4 is 15.4 Å². The number of hydrogen-bond donors (Lipinski definition) is 2. The van der Waals surface area contributed by atoms with Crippen LogP contribution in [0.2, 0.25) is 0 Å². The number of hydrogen-bond acceptors (Lipinski definition) is 4. The van der Waals surface area contributed by atoms with Gasteiger partial charge in [-0.15, -0.1) is 0 Å². The smallest absolute Gasteiger partial charge is 0.325 e. The second-order valence-corrected chi connectivity index (χ2v) is 6.55. The lowest BCUT2D eigenvalue weighted by atomic mass is 9.82. The lowest BCUT2D eigenvalue weighted by molar-refractivity contribution is -0.135. The Labute approximate surface area is 146 Å². The minimum Gasteiger partial charge on any atom is -0.496 e. The predicted molar refractivity (Wildman–Crippen MR) is 90.9 cm³/mol. The maximum atomic E-state index is 12.6. The Hall–Kier alpha value is -2.57. The minimum absolute atomic E-state index is 0.262. The Balaban J connectivity index is 1.59. The van der Waals surface area contributed by atoms with E-state index in [1.807, 2.05) is 24.3 Å². The number of methoxy groups -OCH3 is 1. The third-order valence-corrected chi connectivity index (χ3v) is 4.92. The summed E-state index contributed by atoms with van der Waals surface area (Å²) in [6.07, 6.45) is 4.21. The molecule has 2 aliphatic rings. The topological polar surface area (TPSA) is 87.7 Å². The molecule has 1 aliphatic carbocycles. The SMILES string of the molecule is COc1ccccc1CNC(=O)CN1C(=O)NC2(CCCCC2)C1=O. The molecular weight excluding hydrogens is 322 g/mol. The van der Waals surface area contributed by atoms with Crippen LogP contribution >= 0.6 is 0 Å². The molecule has 3 rings (SSSR count). The summed E-state index contributed by atoms with van der Waals surface area (Å²) in [4.78, 5) is 38.0. The van der Waals surface area contributed by atoms with Crippen LogP contribution in [0.3, 0.4) is 0 Å². The third kappa shape index (κ3) is 3.45. The number of carbonyl (C=O) groups excluding carboxylic acids is 3. The average molecular weight is 345 g/mol. The van der Waals surface area contributed by atoms with Crippen molar-refractivity contribution in [3.8, 4) is 5.75 Å². The van der Waals surface area contributed by atoms with Gasteiger partial charge in [-0.3, -0.25) is 14.5 Å². The normalized spacial score (nSPS) is 19.0. The van der Waals surface area contributed by atoms with Crippen LogP contribution in [0.5, 0.6) is 5.75 Å². The molecule has 0 radical (unpaired) electrons. The fraction of sp³-hybridized carbons (Fsp3) is 0.500. The molecule has 1 saturated heterocycles. The molecule has 7 heteroatoms. The summed E-state index contributed by atoms with van der Waals surface area (Å²) in [5.74, 6) is 0.0332. The van der Waals surface area contributed by atoms with E-state index >= 15 is 0 Å². The van der Waals surface area contributed by atoms with Gasteiger partial charge in [-0.2, -0.15) is 0 Å². The Morgan fingerprint density at radius 2 is 1.96 bits per heavy atom. The number of nitrogens with zero attached hydrogens (tertiary/aromatic N) is 1. The monoisotopic (exact) mass is 345 g/mol. The first kappa shape index (κ1) is 17.3. The molecule has 134 valence electrons. The largest absolute Gasteiger partial charge is 0.496 e. The van der Waals surface area contributed by atoms with E-state index in [1.165, 1.54) is 0 Å². The van der Waals surface area contributed by atoms with E-state index in [0.29, 0.717) is 18.6 Å². The molecule has 7 nitrogen and oxygen atoms in total. The molecule has 0 unspecified atom stereocenters. The van der Waals surface area contributed by atoms with Crippen molar-refractivity contribution in [2.75, 3.05) is 13.7 Å². The first-order chi connectivity index (χ1) is 12.1. The molecule has 0 atom stereocenters. The zero-order valence-corrected chi connectivity index (χ0v) is 14.3. The lowest BCUT2D eigenvalue weighted by Gasteiger charge is -2.30. The van der Waals surface area contributed by atoms with Crippen molar-refractivity contribution in [1.29, 1.82) is 0 Å². The molecule has 2 N–H and O–H groups in total. The molecule has 25 heavy (non-hydrogen) atoms. The van der Waals surface area contributed by atoms with Crippen molar-refractivity contribution in [2.24, 2.45) is 0 Å². The number of ether oxygens (including phenoxy) is 1. The van der Waals surface area contributed by atoms with E-state index in [9.17, 15) is 14.4 Å². The summed E-state index contributed by atoms with van der Waals surface area (Å²) in [7, 11) is 1.57. The number of imide groups is 1. The van der Waals surface area contributed by atoms with Crippen molar-refractivity contribution in [1.82, 2.24) is 15.5 Å². The van der Waals surface area contributed by atoms with Gasteiger partial charge in [-0.05, 0) is 18.9 Å². The van der Waals surface area contributed by atoms with Crippen LogP contribution in [-0.2, 0) is 16.1 Å². The first-order valence-corrected chi connectivity index (χ1v) is 8.58. The maximum absolute atomic E-state index is 12.6. The highest BCUT2D eigenvalue weighted by molar-refractivity contribution is 6.09. The zero-order valence-electron chi connectivity index (χ0n) is 14.3. The Morgan fingerprint density at radius 1 is 1.24 bits per heavy atom. The van der Waals surface area contributed by atoms with E-state index in [2.05, 4.69) is 10.6 Å². The maximum Gasteiger partial charge on any atom is 0.325 e. The standard InChI is InChI=1S/C18H23N3O4/c1-25-14-8-4-3-7-13(14)11-19-15(22)12-21-16(23)18(20-17(21)24)9-5-2-6-10-18/h3-4,7-8H,2,5-6,9-12H2,1H3,(H,19,22)(H,20,24). The van der Waals surface area contributed by atoms with Gasteiger partial charge in [0, 0.05) is 12.1 Å². The number of nitrogens with one attached hydrogen (secondary N) is 2. The second-order valence-electron chi connectivity index (χ2n) is 6.55. The number of carbonyl (C=O) groups is 3. The molecule has 1 spiro atoms. The van der Waals surface area contributed by atoms with Gasteiger partial charge in [-0.25, -0.2) is 4.79 Å². The summed E-state index contributed by atoms with van der Waals surface area (Å²) in [5.41, 5.74) is 0.0393. The minimum atomic E-state index is -0.793. The summed E-state index contributed by atoms with van der Waals surface area (Å²) in [6.45, 7) is 0.0131. The molecule has 1 saturated carbocycles. The van der Waals surface area contributed by atoms with E-state index in [4.69, 9.17) is 4.74 Å². The summed E-state index contributed by atoms with van der Waals surface area (Å²) >= 11 is 0. The fourth-order valence-corrected chi connectivity index (χ4v) is 3.56. The predicted octanol–water partition coefficient (Wildman–Crippen LogP) is 1.57. The molecule has 0 bridgehead atoms. The number of amides is 4. The Bertz CT molecular complexity index is 683. The summed E-state index contributed by atoms with van der Waals surface area (Å²) in [6, 6.07) is 6.89. The van der Waals surface area contributed by atoms with Gasteiger partial charge >= 0.3 is 6.03 Å². The van der Waals surface area contributed by atoms with Gasteiger partial charge < -0.3 is 15.4 Å². The van der Waals surface area contributed by atoms with Gasteiger partial charge in [0.2, 0.25) is 5.91 Å². The van der Waals surface area contributed by atoms with Crippen molar-refractivity contribution in [3.63, 3.8) is 0 Å². The van der Waals surface area contributed by atoms with Crippen LogP contribution in [0.25, 0.3) is 0 Å². The molecule has 2 fully saturated rings. The summed E-state index contributed by atoms with van der Waals surface area (Å²) in [5, 5.41) is 5.54. The number of urea groups is 1. The van der Waals surface area contributed by atoms with Crippen molar-refractivity contribution < 1.29 is 19.1 Å². The van der Waals surface area contributed by atoms with E-state index in [0.717, 1.165) is 29.7 Å². The van der Waals surface area contributed by atoms with Gasteiger partial charge in [0.05, 0.1) is 7.11 Å². The second kappa shape index (κ2) is 7.13. The highest BCUT2D eigenvalue weighted by atomic mass is 16.5. The zero-order chi connectivity index (χ0) is 17.9. The van der Waals surface area contributed by atoms with E-state index < -0.39 is 11.6 Å². The first-order valence-electron chi connectivity index (χ1n) is 8.58. The van der Waals surface area contributed by atoms with Crippen molar-refractivity contribution in [2.45, 2.75) is 44.2 Å². The number of benzene rings is 1. The van der Waals surface area contributed by atoms with Gasteiger partial charge in [0.25, 0.3) is 5.91 Å². The Kier molecular flexibility index (Phi) is 4.92. The molecule has 1 aromatic rings. The lowest BCUT2D eigenvalue weighted by Crippen LogP contribution is -2.49. The van der Waals surface area contributed by atoms with Crippen LogP contribution in [0, 0.1) is 0 Å². The van der Waals surface area contributed by atoms with E-state index in [1.54, 1.807) is 7.11 Å². The molecule has 4 amide bonds. The quantitative estimate of drug-likeness (QED) is 0.793. The van der Waals surface area contributed by atoms with Crippen LogP contribution in [0.1, 0.15) is 37.7 Å². The number of para-hydroxylation sites is 1. The van der Waals surface area contributed by atoms with Crippen LogP contribution in [0.4, 0.5) is 4.79 Å². The molecule has 1 aromatic carbocycles. The van der Waals surface area contributed by atoms with Crippen molar-refractivity contribution >= 4 is 17.8 Å². The molecule has 1 aliphatic heterocycles. The van der Waals surface area contributed by atoms with Gasteiger partial charge in [0.15, 0.2) is 0 Å². The van der Waals surface area contributed by atoms with Crippen LogP contribution in [0.15, 0.2) is 24.3 Å². The average Bonchev–Trinajstić information content (AvgIpc) is 2.85. The molecule has 1 heterocycles. The van der Waals surface area contributed by atoms with E-state index in [-0.39, 0.29) is 24.9 Å². The number of rotatable bonds is 5. The van der Waals surface area contributed by atoms with Crippen LogP contribution in [-0.4, -0.2) is 41.9 Å². The highest BCUT2D eigenvalue weighted by Crippen LogP contribution is 2.33. The third-order valence-electron chi connectivity index (χ3n) is 4.92. The van der Waals surface area contributed by atoms with Crippen molar-refractivity contribution in [3.05, 3.63) is 29.8 Å². The fourth-order valence-electron chi connectivity index (χ4n) is 3.56. The molecular formula is C18H23N3O4. The van der Waals surface area contributed by atoms with Gasteiger partial charge in [0.1, 0.15) is 17.8 Å². The van der Waals surface area contributed by atoms with Gasteiger partial charge in [-0.1, -0.05) is 37.5 Å². The summed E-state index contributed by atoms with van der Waals surface area (Å²) < 4.78 is 5.24. The highest BCUT2D eigenvalue weighted by Gasteiger charge is 2.51.